The number of fused-ring (bicyclic) bond motifs is 3. The Hall–Kier alpha value is -4.65. The Kier molecular flexibility index (Phi) is 6.04. The summed E-state index contributed by atoms with van der Waals surface area (Å²) in [5, 5.41) is 8.06. The summed E-state index contributed by atoms with van der Waals surface area (Å²) in [7, 11) is 0. The van der Waals surface area contributed by atoms with E-state index >= 15 is 0 Å². The van der Waals surface area contributed by atoms with Gasteiger partial charge in [-0.15, -0.1) is 0 Å². The molecular weight excluding hydrogens is 477 g/mol. The number of halogens is 1. The van der Waals surface area contributed by atoms with Gasteiger partial charge in [0.2, 0.25) is 0 Å². The lowest BCUT2D eigenvalue weighted by molar-refractivity contribution is 0.194. The van der Waals surface area contributed by atoms with Crippen LogP contribution in [0.3, 0.4) is 0 Å². The molecule has 0 saturated heterocycles. The number of urea groups is 1. The molecule has 2 amide bonds. The minimum atomic E-state index is -0.521. The van der Waals surface area contributed by atoms with Crippen LogP contribution in [-0.4, -0.2) is 25.3 Å². The summed E-state index contributed by atoms with van der Waals surface area (Å²) in [6.07, 6.45) is 2.69. The van der Waals surface area contributed by atoms with Gasteiger partial charge in [-0.3, -0.25) is 0 Å². The largest absolute Gasteiger partial charge is 0.322 e. The number of nitrogens with zero attached hydrogens (tertiary/aromatic N) is 4. The Labute approximate surface area is 221 Å². The Bertz CT molecular complexity index is 1620. The third-order valence-corrected chi connectivity index (χ3v) is 7.00. The van der Waals surface area contributed by atoms with Gasteiger partial charge >= 0.3 is 6.03 Å². The second-order valence-corrected chi connectivity index (χ2v) is 9.54. The van der Waals surface area contributed by atoms with E-state index < -0.39 is 6.04 Å². The second-order valence-electron chi connectivity index (χ2n) is 9.54. The SMILES string of the molecule is CCc1nn(-c2ccccc2)c2c1CN(C(=O)Nc1cccc(C)c1)[C@@H](c1cccc(F)c1)c1cccn1-2. The van der Waals surface area contributed by atoms with Crippen LogP contribution in [-0.2, 0) is 13.0 Å². The molecule has 0 aliphatic carbocycles. The number of carbonyl (C=O) groups excluding carboxylic acids is 1. The molecule has 6 nitrogen and oxygen atoms in total. The predicted octanol–water partition coefficient (Wildman–Crippen LogP) is 6.81. The first-order chi connectivity index (χ1) is 18.5. The highest BCUT2D eigenvalue weighted by Gasteiger charge is 2.36. The van der Waals surface area contributed by atoms with Gasteiger partial charge in [-0.05, 0) is 73.0 Å². The third kappa shape index (κ3) is 4.16. The lowest BCUT2D eigenvalue weighted by atomic mass is 10.0. The lowest BCUT2D eigenvalue weighted by Gasteiger charge is -2.31. The standard InChI is InChI=1S/C31H28FN5O/c1-3-27-26-20-36(31(38)33-24-13-7-10-21(2)18-24)29(22-11-8-12-23(32)19-22)28-16-9-17-35(28)30(26)37(34-27)25-14-5-4-6-15-25/h4-19,29H,3,20H2,1-2H3,(H,33,38)/t29-/m0/s1. The van der Waals surface area contributed by atoms with E-state index in [2.05, 4.69) is 16.8 Å². The molecule has 0 spiro atoms. The van der Waals surface area contributed by atoms with Crippen LogP contribution in [0.1, 0.15) is 41.0 Å². The maximum Gasteiger partial charge on any atom is 0.322 e. The highest BCUT2D eigenvalue weighted by molar-refractivity contribution is 5.90. The molecule has 190 valence electrons. The van der Waals surface area contributed by atoms with Crippen molar-refractivity contribution < 1.29 is 9.18 Å². The van der Waals surface area contributed by atoms with Crippen LogP contribution >= 0.6 is 0 Å². The number of aryl methyl sites for hydroxylation is 2. The van der Waals surface area contributed by atoms with Crippen molar-refractivity contribution in [3.63, 3.8) is 0 Å². The van der Waals surface area contributed by atoms with Gasteiger partial charge in [-0.2, -0.15) is 5.10 Å². The summed E-state index contributed by atoms with van der Waals surface area (Å²) in [4.78, 5) is 15.8. The summed E-state index contributed by atoms with van der Waals surface area (Å²) < 4.78 is 18.5. The number of anilines is 1. The average Bonchev–Trinajstić information content (AvgIpc) is 3.50. The number of benzene rings is 3. The van der Waals surface area contributed by atoms with Crippen molar-refractivity contribution in [1.29, 1.82) is 0 Å². The molecule has 6 rings (SSSR count). The Morgan fingerprint density at radius 2 is 1.82 bits per heavy atom. The summed E-state index contributed by atoms with van der Waals surface area (Å²) in [5.74, 6) is 0.548. The molecule has 3 aromatic carbocycles. The number of amides is 2. The van der Waals surface area contributed by atoms with E-state index in [1.807, 2.05) is 90.6 Å². The Morgan fingerprint density at radius 3 is 2.58 bits per heavy atom. The maximum atomic E-state index is 14.5. The molecule has 1 atom stereocenters. The van der Waals surface area contributed by atoms with Gasteiger partial charge in [0.05, 0.1) is 29.7 Å². The third-order valence-electron chi connectivity index (χ3n) is 7.00. The molecule has 1 N–H and O–H groups in total. The van der Waals surface area contributed by atoms with Crippen molar-refractivity contribution in [3.05, 3.63) is 131 Å². The van der Waals surface area contributed by atoms with Crippen LogP contribution in [0.4, 0.5) is 14.9 Å². The van der Waals surface area contributed by atoms with E-state index in [0.717, 1.165) is 34.0 Å². The van der Waals surface area contributed by atoms with Crippen molar-refractivity contribution in [2.75, 3.05) is 5.32 Å². The zero-order valence-corrected chi connectivity index (χ0v) is 21.3. The summed E-state index contributed by atoms with van der Waals surface area (Å²) in [5.41, 5.74) is 6.13. The van der Waals surface area contributed by atoms with E-state index in [4.69, 9.17) is 5.10 Å². The van der Waals surface area contributed by atoms with Gasteiger partial charge in [0.25, 0.3) is 0 Å². The van der Waals surface area contributed by atoms with Crippen molar-refractivity contribution in [2.45, 2.75) is 32.9 Å². The first-order valence-electron chi connectivity index (χ1n) is 12.8. The van der Waals surface area contributed by atoms with Gasteiger partial charge in [-0.25, -0.2) is 13.9 Å². The van der Waals surface area contributed by atoms with E-state index in [1.165, 1.54) is 12.1 Å². The molecule has 0 bridgehead atoms. The van der Waals surface area contributed by atoms with E-state index in [-0.39, 0.29) is 11.8 Å². The smallest absolute Gasteiger partial charge is 0.308 e. The molecule has 38 heavy (non-hydrogen) atoms. The molecule has 0 unspecified atom stereocenters. The van der Waals surface area contributed by atoms with Gasteiger partial charge in [-0.1, -0.05) is 49.4 Å². The zero-order valence-electron chi connectivity index (χ0n) is 21.3. The molecule has 3 heterocycles. The fourth-order valence-corrected chi connectivity index (χ4v) is 5.29. The van der Waals surface area contributed by atoms with Gasteiger partial charge < -0.3 is 14.8 Å². The number of nitrogens with one attached hydrogen (secondary N) is 1. The summed E-state index contributed by atoms with van der Waals surface area (Å²) in [6.45, 7) is 4.37. The quantitative estimate of drug-likeness (QED) is 0.292. The van der Waals surface area contributed by atoms with Crippen molar-refractivity contribution in [1.82, 2.24) is 19.2 Å². The molecule has 1 aliphatic heterocycles. The molecule has 2 aromatic heterocycles. The molecular formula is C31H28FN5O. The monoisotopic (exact) mass is 505 g/mol. The number of carbonyl (C=O) groups is 1. The average molecular weight is 506 g/mol. The van der Waals surface area contributed by atoms with E-state index in [1.54, 1.807) is 11.0 Å². The van der Waals surface area contributed by atoms with Crippen molar-refractivity contribution in [2.24, 2.45) is 0 Å². The lowest BCUT2D eigenvalue weighted by Crippen LogP contribution is -2.38. The number of hydrogen-bond donors (Lipinski definition) is 1. The van der Waals surface area contributed by atoms with Crippen LogP contribution in [0.5, 0.6) is 0 Å². The molecule has 5 aromatic rings. The normalized spacial score (nSPS) is 14.5. The highest BCUT2D eigenvalue weighted by atomic mass is 19.1. The minimum Gasteiger partial charge on any atom is -0.308 e. The van der Waals surface area contributed by atoms with Crippen LogP contribution < -0.4 is 5.32 Å². The number of aromatic nitrogens is 3. The Morgan fingerprint density at radius 1 is 1.00 bits per heavy atom. The van der Waals surface area contributed by atoms with Gasteiger partial charge in [0.1, 0.15) is 11.6 Å². The topological polar surface area (TPSA) is 55.1 Å². The van der Waals surface area contributed by atoms with Crippen molar-refractivity contribution >= 4 is 11.7 Å². The second kappa shape index (κ2) is 9.67. The first kappa shape index (κ1) is 23.7. The van der Waals surface area contributed by atoms with Crippen LogP contribution in [0.15, 0.2) is 97.2 Å². The highest BCUT2D eigenvalue weighted by Crippen LogP contribution is 2.39. The van der Waals surface area contributed by atoms with Crippen LogP contribution in [0, 0.1) is 12.7 Å². The van der Waals surface area contributed by atoms with Crippen LogP contribution in [0.25, 0.3) is 11.5 Å². The molecule has 7 heteroatoms. The van der Waals surface area contributed by atoms with Crippen molar-refractivity contribution in [3.8, 4) is 11.5 Å². The Balaban J connectivity index is 1.56. The van der Waals surface area contributed by atoms with Gasteiger partial charge in [0.15, 0.2) is 0 Å². The fraction of sp³-hybridized carbons (Fsp3) is 0.161. The minimum absolute atomic E-state index is 0.264. The number of para-hydroxylation sites is 1. The maximum absolute atomic E-state index is 14.5. The number of rotatable bonds is 4. The summed E-state index contributed by atoms with van der Waals surface area (Å²) >= 11 is 0. The predicted molar refractivity (Wildman–Crippen MR) is 146 cm³/mol. The molecule has 0 fully saturated rings. The van der Waals surface area contributed by atoms with Gasteiger partial charge in [0, 0.05) is 17.4 Å². The molecule has 1 aliphatic rings. The van der Waals surface area contributed by atoms with E-state index in [0.29, 0.717) is 24.2 Å². The summed E-state index contributed by atoms with van der Waals surface area (Å²) in [6, 6.07) is 27.4. The zero-order chi connectivity index (χ0) is 26.2. The van der Waals surface area contributed by atoms with Crippen LogP contribution in [0.2, 0.25) is 0 Å². The van der Waals surface area contributed by atoms with E-state index in [9.17, 15) is 9.18 Å². The first-order valence-corrected chi connectivity index (χ1v) is 12.8. The molecule has 0 saturated carbocycles. The fourth-order valence-electron chi connectivity index (χ4n) is 5.29. The molecule has 0 radical (unpaired) electrons. The number of hydrogen-bond acceptors (Lipinski definition) is 2.